The summed E-state index contributed by atoms with van der Waals surface area (Å²) < 4.78 is 0. The summed E-state index contributed by atoms with van der Waals surface area (Å²) in [7, 11) is 0. The normalized spacial score (nSPS) is 42.2. The van der Waals surface area contributed by atoms with Crippen LogP contribution in [0.15, 0.2) is 35.9 Å². The molecule has 1 aromatic rings. The van der Waals surface area contributed by atoms with E-state index < -0.39 is 0 Å². The summed E-state index contributed by atoms with van der Waals surface area (Å²) in [5.74, 6) is 0.274. The second-order valence-corrected chi connectivity index (χ2v) is 7.46. The minimum atomic E-state index is -0.00306. The van der Waals surface area contributed by atoms with Crippen LogP contribution in [0.4, 0.5) is 5.69 Å². The summed E-state index contributed by atoms with van der Waals surface area (Å²) in [6.45, 7) is 2.06. The summed E-state index contributed by atoms with van der Waals surface area (Å²) in [5, 5.41) is 13.1. The molecule has 3 fully saturated rings. The quantitative estimate of drug-likeness (QED) is 0.643. The molecule has 120 valence electrons. The number of hydrogen-bond donors (Lipinski definition) is 2. The van der Waals surface area contributed by atoms with Crippen LogP contribution in [-0.2, 0) is 10.2 Å². The van der Waals surface area contributed by atoms with Crippen LogP contribution in [0.3, 0.4) is 0 Å². The van der Waals surface area contributed by atoms with Crippen LogP contribution in [0.2, 0.25) is 0 Å². The molecule has 3 aliphatic heterocycles. The lowest BCUT2D eigenvalue weighted by atomic mass is 9.56. The van der Waals surface area contributed by atoms with Gasteiger partial charge in [0.1, 0.15) is 6.29 Å². The molecule has 2 bridgehead atoms. The summed E-state index contributed by atoms with van der Waals surface area (Å²) in [5.41, 5.74) is 3.97. The van der Waals surface area contributed by atoms with E-state index in [9.17, 15) is 9.90 Å². The molecule has 1 aliphatic carbocycles. The molecule has 1 aromatic carbocycles. The van der Waals surface area contributed by atoms with E-state index >= 15 is 0 Å². The predicted octanol–water partition coefficient (Wildman–Crippen LogP) is 1.56. The maximum absolute atomic E-state index is 12.0. The smallest absolute Gasteiger partial charge is 0.125 e. The molecule has 4 heteroatoms. The van der Waals surface area contributed by atoms with Gasteiger partial charge in [0.25, 0.3) is 0 Å². The first kappa shape index (κ1) is 13.8. The number of nitrogens with zero attached hydrogens (tertiary/aromatic N) is 1. The van der Waals surface area contributed by atoms with Gasteiger partial charge in [0.15, 0.2) is 0 Å². The van der Waals surface area contributed by atoms with Gasteiger partial charge in [0, 0.05) is 35.6 Å². The van der Waals surface area contributed by atoms with Gasteiger partial charge >= 0.3 is 0 Å². The number of aliphatic hydroxyl groups excluding tert-OH is 1. The first-order valence-corrected chi connectivity index (χ1v) is 8.65. The Morgan fingerprint density at radius 1 is 1.39 bits per heavy atom. The highest BCUT2D eigenvalue weighted by atomic mass is 16.2. The number of rotatable bonds is 2. The lowest BCUT2D eigenvalue weighted by Crippen LogP contribution is -2.62. The van der Waals surface area contributed by atoms with Gasteiger partial charge in [-0.3, -0.25) is 4.90 Å². The van der Waals surface area contributed by atoms with Crippen molar-refractivity contribution in [1.29, 1.82) is 0 Å². The third-order valence-electron chi connectivity index (χ3n) is 6.84. The SMILES string of the molecule is O=C[C@@H]1[C@H]2C[C@@H]3N(CC[C@@]34c3ccccc3N[C@@H]14)C/C2=C/CO. The number of anilines is 1. The predicted molar refractivity (Wildman–Crippen MR) is 88.3 cm³/mol. The summed E-state index contributed by atoms with van der Waals surface area (Å²) >= 11 is 0. The first-order valence-electron chi connectivity index (χ1n) is 8.65. The van der Waals surface area contributed by atoms with Crippen LogP contribution in [0.25, 0.3) is 0 Å². The fourth-order valence-electron chi connectivity index (χ4n) is 6.01. The number of para-hydroxylation sites is 1. The number of aliphatic hydroxyl groups is 1. The van der Waals surface area contributed by atoms with Crippen LogP contribution in [0.5, 0.6) is 0 Å². The van der Waals surface area contributed by atoms with E-state index in [-0.39, 0.29) is 29.9 Å². The fourth-order valence-corrected chi connectivity index (χ4v) is 6.01. The largest absolute Gasteiger partial charge is 0.392 e. The third kappa shape index (κ3) is 1.56. The zero-order valence-electron chi connectivity index (χ0n) is 13.1. The highest BCUT2D eigenvalue weighted by Gasteiger charge is 2.65. The van der Waals surface area contributed by atoms with Crippen molar-refractivity contribution < 1.29 is 9.90 Å². The Hall–Kier alpha value is -1.65. The number of nitrogens with one attached hydrogen (secondary N) is 1. The van der Waals surface area contributed by atoms with E-state index in [0.29, 0.717) is 6.04 Å². The molecule has 0 unspecified atom stereocenters. The molecule has 1 saturated carbocycles. The average Bonchev–Trinajstić information content (AvgIpc) is 3.12. The zero-order valence-corrected chi connectivity index (χ0v) is 13.1. The van der Waals surface area contributed by atoms with Crippen molar-refractivity contribution in [2.45, 2.75) is 30.3 Å². The summed E-state index contributed by atoms with van der Waals surface area (Å²) in [4.78, 5) is 14.6. The maximum Gasteiger partial charge on any atom is 0.125 e. The van der Waals surface area contributed by atoms with Crippen molar-refractivity contribution in [3.05, 3.63) is 41.5 Å². The molecular weight excluding hydrogens is 288 g/mol. The number of fused-ring (bicyclic) bond motifs is 2. The molecule has 4 nitrogen and oxygen atoms in total. The lowest BCUT2D eigenvalue weighted by molar-refractivity contribution is -0.115. The van der Waals surface area contributed by atoms with E-state index in [1.54, 1.807) is 0 Å². The van der Waals surface area contributed by atoms with Crippen molar-refractivity contribution in [3.8, 4) is 0 Å². The minimum absolute atomic E-state index is 0.00306. The van der Waals surface area contributed by atoms with Crippen LogP contribution < -0.4 is 5.32 Å². The van der Waals surface area contributed by atoms with Crippen LogP contribution in [0, 0.1) is 11.8 Å². The van der Waals surface area contributed by atoms with E-state index in [2.05, 4.69) is 34.5 Å². The van der Waals surface area contributed by atoms with E-state index in [0.717, 1.165) is 25.9 Å². The van der Waals surface area contributed by atoms with Crippen molar-refractivity contribution in [2.75, 3.05) is 25.0 Å². The number of piperidine rings is 1. The number of hydrogen-bond acceptors (Lipinski definition) is 4. The van der Waals surface area contributed by atoms with Gasteiger partial charge in [0.2, 0.25) is 0 Å². The number of benzene rings is 1. The average molecular weight is 310 g/mol. The van der Waals surface area contributed by atoms with Crippen LogP contribution in [0.1, 0.15) is 18.4 Å². The molecule has 4 aliphatic rings. The topological polar surface area (TPSA) is 52.6 Å². The molecule has 3 heterocycles. The highest BCUT2D eigenvalue weighted by Crippen LogP contribution is 2.60. The number of carbonyl (C=O) groups is 1. The maximum atomic E-state index is 12.0. The van der Waals surface area contributed by atoms with Crippen molar-refractivity contribution in [3.63, 3.8) is 0 Å². The van der Waals surface area contributed by atoms with Crippen molar-refractivity contribution in [1.82, 2.24) is 4.90 Å². The molecule has 5 rings (SSSR count). The molecule has 0 amide bonds. The van der Waals surface area contributed by atoms with E-state index in [1.807, 2.05) is 6.08 Å². The first-order chi connectivity index (χ1) is 11.3. The Kier molecular flexibility index (Phi) is 2.80. The van der Waals surface area contributed by atoms with Gasteiger partial charge in [-0.2, -0.15) is 0 Å². The van der Waals surface area contributed by atoms with Crippen LogP contribution >= 0.6 is 0 Å². The molecule has 2 saturated heterocycles. The highest BCUT2D eigenvalue weighted by molar-refractivity contribution is 5.70. The summed E-state index contributed by atoms with van der Waals surface area (Å²) in [6, 6.07) is 9.32. The molecule has 0 aromatic heterocycles. The van der Waals surface area contributed by atoms with Gasteiger partial charge < -0.3 is 15.2 Å². The monoisotopic (exact) mass is 310 g/mol. The van der Waals surface area contributed by atoms with Crippen LogP contribution in [-0.4, -0.2) is 48.1 Å². The third-order valence-corrected chi connectivity index (χ3v) is 6.84. The van der Waals surface area contributed by atoms with Crippen molar-refractivity contribution in [2.24, 2.45) is 11.8 Å². The van der Waals surface area contributed by atoms with Gasteiger partial charge in [-0.25, -0.2) is 0 Å². The Bertz CT molecular complexity index is 700. The molecule has 2 N–H and O–H groups in total. The van der Waals surface area contributed by atoms with E-state index in [4.69, 9.17) is 0 Å². The standard InChI is InChI=1S/C19H22N2O2/c22-8-5-12-10-21-7-6-19-15-3-1-2-4-16(15)20-18(19)14(11-23)13(12)9-17(19)21/h1-5,11,13-14,17-18,20,22H,6-10H2/b12-5-/t13-,14+,17-,18-,19+/m0/s1. The molecular formula is C19H22N2O2. The number of carbonyl (C=O) groups excluding carboxylic acids is 1. The summed E-state index contributed by atoms with van der Waals surface area (Å²) in [6.07, 6.45) is 5.27. The Morgan fingerprint density at radius 2 is 2.26 bits per heavy atom. The number of aldehydes is 1. The second kappa shape index (κ2) is 4.68. The fraction of sp³-hybridized carbons (Fsp3) is 0.526. The minimum Gasteiger partial charge on any atom is -0.392 e. The Morgan fingerprint density at radius 3 is 3.09 bits per heavy atom. The van der Waals surface area contributed by atoms with E-state index in [1.165, 1.54) is 23.1 Å². The molecule has 23 heavy (non-hydrogen) atoms. The molecule has 1 spiro atoms. The van der Waals surface area contributed by atoms with Gasteiger partial charge in [-0.15, -0.1) is 0 Å². The second-order valence-electron chi connectivity index (χ2n) is 7.46. The Balaban J connectivity index is 1.69. The van der Waals surface area contributed by atoms with Gasteiger partial charge in [0.05, 0.1) is 6.61 Å². The molecule has 5 atom stereocenters. The Labute approximate surface area is 136 Å². The van der Waals surface area contributed by atoms with Gasteiger partial charge in [-0.1, -0.05) is 29.8 Å². The van der Waals surface area contributed by atoms with Crippen molar-refractivity contribution >= 4 is 12.0 Å². The zero-order chi connectivity index (χ0) is 15.6. The lowest BCUT2D eigenvalue weighted by Gasteiger charge is -2.53. The van der Waals surface area contributed by atoms with Gasteiger partial charge in [-0.05, 0) is 36.9 Å². The molecule has 0 radical (unpaired) electrons.